The number of hydrogen-bond donors (Lipinski definition) is 1. The third kappa shape index (κ3) is 2.99. The van der Waals surface area contributed by atoms with Crippen molar-refractivity contribution in [2.24, 2.45) is 0 Å². The highest BCUT2D eigenvalue weighted by atomic mass is 127. The highest BCUT2D eigenvalue weighted by molar-refractivity contribution is 14.1. The molecule has 0 fully saturated rings. The molecule has 1 aromatic heterocycles. The van der Waals surface area contributed by atoms with Gasteiger partial charge in [0.05, 0.1) is 11.2 Å². The van der Waals surface area contributed by atoms with Crippen LogP contribution in [0, 0.1) is 3.57 Å². The summed E-state index contributed by atoms with van der Waals surface area (Å²) in [6.45, 7) is 2.94. The Morgan fingerprint density at radius 3 is 2.62 bits per heavy atom. The predicted octanol–water partition coefficient (Wildman–Crippen LogP) is 5.59. The lowest BCUT2D eigenvalue weighted by atomic mass is 10.1. The van der Waals surface area contributed by atoms with Gasteiger partial charge in [0.2, 0.25) is 0 Å². The Labute approximate surface area is 142 Å². The van der Waals surface area contributed by atoms with Crippen LogP contribution >= 0.6 is 34.2 Å². The third-order valence-corrected chi connectivity index (χ3v) is 4.31. The Morgan fingerprint density at radius 2 is 1.90 bits per heavy atom. The van der Waals surface area contributed by atoms with Crippen LogP contribution in [0.2, 0.25) is 5.02 Å². The molecule has 3 aromatic rings. The normalized spacial score (nSPS) is 10.8. The van der Waals surface area contributed by atoms with Crippen LogP contribution in [0.5, 0.6) is 0 Å². The molecule has 4 heteroatoms. The summed E-state index contributed by atoms with van der Waals surface area (Å²) in [5.74, 6) is 0. The minimum absolute atomic E-state index is 0.736. The Bertz CT molecular complexity index is 788. The van der Waals surface area contributed by atoms with Gasteiger partial charge in [-0.15, -0.1) is 0 Å². The van der Waals surface area contributed by atoms with Crippen LogP contribution in [0.4, 0.5) is 5.69 Å². The number of aromatic nitrogens is 1. The van der Waals surface area contributed by atoms with Crippen molar-refractivity contribution in [3.8, 4) is 11.3 Å². The zero-order valence-electron chi connectivity index (χ0n) is 11.5. The molecule has 0 radical (unpaired) electrons. The SMILES string of the molecule is CCNc1cc(-c2ccccc2)nc2c(I)cc(Cl)cc12. The largest absolute Gasteiger partial charge is 0.385 e. The van der Waals surface area contributed by atoms with Crippen molar-refractivity contribution in [2.75, 3.05) is 11.9 Å². The molecule has 1 N–H and O–H groups in total. The third-order valence-electron chi connectivity index (χ3n) is 3.27. The number of nitrogens with zero attached hydrogens (tertiary/aromatic N) is 1. The van der Waals surface area contributed by atoms with E-state index in [0.29, 0.717) is 0 Å². The van der Waals surface area contributed by atoms with Gasteiger partial charge in [-0.05, 0) is 47.7 Å². The van der Waals surface area contributed by atoms with E-state index in [1.54, 1.807) is 0 Å². The molecule has 0 unspecified atom stereocenters. The summed E-state index contributed by atoms with van der Waals surface area (Å²) in [4.78, 5) is 4.82. The zero-order valence-corrected chi connectivity index (χ0v) is 14.4. The van der Waals surface area contributed by atoms with Crippen LogP contribution in [-0.2, 0) is 0 Å². The van der Waals surface area contributed by atoms with Crippen LogP contribution in [0.25, 0.3) is 22.2 Å². The number of hydrogen-bond acceptors (Lipinski definition) is 2. The fraction of sp³-hybridized carbons (Fsp3) is 0.118. The van der Waals surface area contributed by atoms with E-state index in [2.05, 4.69) is 53.0 Å². The number of benzene rings is 2. The molecule has 0 saturated carbocycles. The predicted molar refractivity (Wildman–Crippen MR) is 99.1 cm³/mol. The van der Waals surface area contributed by atoms with Gasteiger partial charge >= 0.3 is 0 Å². The topological polar surface area (TPSA) is 24.9 Å². The Balaban J connectivity index is 2.29. The molecule has 0 atom stereocenters. The maximum atomic E-state index is 6.19. The van der Waals surface area contributed by atoms with Crippen LogP contribution in [-0.4, -0.2) is 11.5 Å². The first-order valence-electron chi connectivity index (χ1n) is 6.78. The summed E-state index contributed by atoms with van der Waals surface area (Å²) in [5.41, 5.74) is 4.14. The second-order valence-corrected chi connectivity index (χ2v) is 6.33. The van der Waals surface area contributed by atoms with Crippen molar-refractivity contribution in [2.45, 2.75) is 6.92 Å². The van der Waals surface area contributed by atoms with Gasteiger partial charge < -0.3 is 5.32 Å². The number of nitrogens with one attached hydrogen (secondary N) is 1. The van der Waals surface area contributed by atoms with Gasteiger partial charge in [0.1, 0.15) is 0 Å². The van der Waals surface area contributed by atoms with E-state index >= 15 is 0 Å². The molecule has 106 valence electrons. The van der Waals surface area contributed by atoms with Crippen LogP contribution < -0.4 is 5.32 Å². The van der Waals surface area contributed by atoms with Crippen molar-refractivity contribution in [1.29, 1.82) is 0 Å². The van der Waals surface area contributed by atoms with E-state index in [9.17, 15) is 0 Å². The standard InChI is InChI=1S/C17H14ClIN2/c1-2-20-16-10-15(11-6-4-3-5-7-11)21-17-13(16)8-12(18)9-14(17)19/h3-10H,2H2,1H3,(H,20,21). The zero-order chi connectivity index (χ0) is 14.8. The lowest BCUT2D eigenvalue weighted by Crippen LogP contribution is -2.00. The monoisotopic (exact) mass is 408 g/mol. The second-order valence-electron chi connectivity index (χ2n) is 4.74. The molecule has 0 aliphatic rings. The quantitative estimate of drug-likeness (QED) is 0.571. The molecule has 2 nitrogen and oxygen atoms in total. The number of pyridine rings is 1. The van der Waals surface area contributed by atoms with Gasteiger partial charge in [0, 0.05) is 31.8 Å². The van der Waals surface area contributed by atoms with Gasteiger partial charge in [0.15, 0.2) is 0 Å². The molecule has 1 heterocycles. The summed E-state index contributed by atoms with van der Waals surface area (Å²) in [6, 6.07) is 16.2. The van der Waals surface area contributed by atoms with Gasteiger partial charge in [-0.1, -0.05) is 41.9 Å². The summed E-state index contributed by atoms with van der Waals surface area (Å²) in [6.07, 6.45) is 0. The molecule has 0 aliphatic carbocycles. The summed E-state index contributed by atoms with van der Waals surface area (Å²) < 4.78 is 1.06. The first kappa shape index (κ1) is 14.6. The first-order valence-corrected chi connectivity index (χ1v) is 8.24. The number of fused-ring (bicyclic) bond motifs is 1. The van der Waals surface area contributed by atoms with E-state index in [1.807, 2.05) is 30.3 Å². The van der Waals surface area contributed by atoms with E-state index < -0.39 is 0 Å². The number of rotatable bonds is 3. The van der Waals surface area contributed by atoms with E-state index in [0.717, 1.165) is 43.0 Å². The molecule has 0 spiro atoms. The van der Waals surface area contributed by atoms with Gasteiger partial charge in [-0.2, -0.15) is 0 Å². The highest BCUT2D eigenvalue weighted by Crippen LogP contribution is 2.32. The minimum atomic E-state index is 0.736. The fourth-order valence-electron chi connectivity index (χ4n) is 2.35. The first-order chi connectivity index (χ1) is 10.2. The van der Waals surface area contributed by atoms with Crippen LogP contribution in [0.1, 0.15) is 6.92 Å². The van der Waals surface area contributed by atoms with E-state index in [1.165, 1.54) is 0 Å². The van der Waals surface area contributed by atoms with Crippen LogP contribution in [0.15, 0.2) is 48.5 Å². The summed E-state index contributed by atoms with van der Waals surface area (Å²) in [5, 5.41) is 5.21. The summed E-state index contributed by atoms with van der Waals surface area (Å²) >= 11 is 8.48. The van der Waals surface area contributed by atoms with Gasteiger partial charge in [0.25, 0.3) is 0 Å². The average molecular weight is 409 g/mol. The smallest absolute Gasteiger partial charge is 0.0864 e. The maximum Gasteiger partial charge on any atom is 0.0864 e. The van der Waals surface area contributed by atoms with Crippen molar-refractivity contribution >= 4 is 50.8 Å². The maximum absolute atomic E-state index is 6.19. The van der Waals surface area contributed by atoms with Crippen molar-refractivity contribution in [1.82, 2.24) is 4.98 Å². The molecular formula is C17H14ClIN2. The number of anilines is 1. The van der Waals surface area contributed by atoms with E-state index in [4.69, 9.17) is 16.6 Å². The Kier molecular flexibility index (Phi) is 4.31. The Hall–Kier alpha value is -1.33. The molecule has 2 aromatic carbocycles. The fourth-order valence-corrected chi connectivity index (χ4v) is 3.49. The second kappa shape index (κ2) is 6.20. The minimum Gasteiger partial charge on any atom is -0.385 e. The molecule has 21 heavy (non-hydrogen) atoms. The molecule has 0 aliphatic heterocycles. The van der Waals surface area contributed by atoms with Crippen molar-refractivity contribution in [3.63, 3.8) is 0 Å². The molecular weight excluding hydrogens is 395 g/mol. The lowest BCUT2D eigenvalue weighted by molar-refractivity contribution is 1.21. The molecule has 0 saturated heterocycles. The van der Waals surface area contributed by atoms with Crippen molar-refractivity contribution < 1.29 is 0 Å². The van der Waals surface area contributed by atoms with E-state index in [-0.39, 0.29) is 0 Å². The van der Waals surface area contributed by atoms with Crippen LogP contribution in [0.3, 0.4) is 0 Å². The van der Waals surface area contributed by atoms with Gasteiger partial charge in [-0.25, -0.2) is 4.98 Å². The molecule has 3 rings (SSSR count). The lowest BCUT2D eigenvalue weighted by Gasteiger charge is -2.12. The average Bonchev–Trinajstić information content (AvgIpc) is 2.49. The number of halogens is 2. The molecule has 0 amide bonds. The molecule has 0 bridgehead atoms. The van der Waals surface area contributed by atoms with Gasteiger partial charge in [-0.3, -0.25) is 0 Å². The summed E-state index contributed by atoms with van der Waals surface area (Å²) in [7, 11) is 0. The van der Waals surface area contributed by atoms with Crippen molar-refractivity contribution in [3.05, 3.63) is 57.1 Å². The highest BCUT2D eigenvalue weighted by Gasteiger charge is 2.10. The Morgan fingerprint density at radius 1 is 1.14 bits per heavy atom.